The molecule has 1 fully saturated rings. The first-order valence-electron chi connectivity index (χ1n) is 11.7. The van der Waals surface area contributed by atoms with E-state index in [0.717, 1.165) is 31.6 Å². The number of hydrogen-bond acceptors (Lipinski definition) is 4. The number of amides is 3. The zero-order valence-electron chi connectivity index (χ0n) is 19.6. The SMILES string of the molecule is COc1ccc(Cl)cc1NC(=O)Nc1cc(NC(=O)c2ccccc2)ccc1N1CCCCCC1. The van der Waals surface area contributed by atoms with Gasteiger partial charge >= 0.3 is 6.03 Å². The Labute approximate surface area is 210 Å². The topological polar surface area (TPSA) is 82.7 Å². The number of nitrogens with one attached hydrogen (secondary N) is 3. The third kappa shape index (κ3) is 6.45. The van der Waals surface area contributed by atoms with Crippen LogP contribution in [0.3, 0.4) is 0 Å². The molecule has 0 bridgehead atoms. The molecule has 1 aliphatic rings. The van der Waals surface area contributed by atoms with Crippen LogP contribution in [0.25, 0.3) is 0 Å². The van der Waals surface area contributed by atoms with Gasteiger partial charge < -0.3 is 25.6 Å². The van der Waals surface area contributed by atoms with Crippen molar-refractivity contribution >= 4 is 46.3 Å². The lowest BCUT2D eigenvalue weighted by atomic mass is 10.1. The summed E-state index contributed by atoms with van der Waals surface area (Å²) in [6.45, 7) is 1.82. The van der Waals surface area contributed by atoms with E-state index in [-0.39, 0.29) is 5.91 Å². The Bertz CT molecular complexity index is 1180. The summed E-state index contributed by atoms with van der Waals surface area (Å²) in [6, 6.07) is 19.2. The monoisotopic (exact) mass is 492 g/mol. The molecule has 3 aromatic rings. The molecule has 1 aliphatic heterocycles. The predicted octanol–water partition coefficient (Wildman–Crippen LogP) is 6.63. The molecule has 4 rings (SSSR count). The fourth-order valence-corrected chi connectivity index (χ4v) is 4.32. The summed E-state index contributed by atoms with van der Waals surface area (Å²) >= 11 is 6.11. The second kappa shape index (κ2) is 11.6. The number of benzene rings is 3. The Kier molecular flexibility index (Phi) is 8.11. The molecule has 3 N–H and O–H groups in total. The second-order valence-corrected chi connectivity index (χ2v) is 8.81. The number of methoxy groups -OCH3 is 1. The van der Waals surface area contributed by atoms with Crippen molar-refractivity contribution in [1.82, 2.24) is 0 Å². The van der Waals surface area contributed by atoms with Crippen LogP contribution in [0.4, 0.5) is 27.5 Å². The maximum atomic E-state index is 13.0. The van der Waals surface area contributed by atoms with Crippen LogP contribution in [0.1, 0.15) is 36.0 Å². The van der Waals surface area contributed by atoms with Gasteiger partial charge in [-0.3, -0.25) is 4.79 Å². The molecule has 0 aromatic heterocycles. The minimum Gasteiger partial charge on any atom is -0.495 e. The van der Waals surface area contributed by atoms with Gasteiger partial charge in [-0.25, -0.2) is 4.79 Å². The van der Waals surface area contributed by atoms with Gasteiger partial charge in [-0.2, -0.15) is 0 Å². The van der Waals surface area contributed by atoms with Gasteiger partial charge in [0.25, 0.3) is 5.91 Å². The fourth-order valence-electron chi connectivity index (χ4n) is 4.15. The Balaban J connectivity index is 1.59. The van der Waals surface area contributed by atoms with Gasteiger partial charge in [0.15, 0.2) is 0 Å². The van der Waals surface area contributed by atoms with Crippen molar-refractivity contribution in [2.45, 2.75) is 25.7 Å². The normalized spacial score (nSPS) is 13.5. The van der Waals surface area contributed by atoms with Gasteiger partial charge in [-0.1, -0.05) is 42.6 Å². The van der Waals surface area contributed by atoms with Crippen molar-refractivity contribution in [1.29, 1.82) is 0 Å². The fraction of sp³-hybridized carbons (Fsp3) is 0.259. The number of nitrogens with zero attached hydrogens (tertiary/aromatic N) is 1. The first-order valence-corrected chi connectivity index (χ1v) is 12.1. The summed E-state index contributed by atoms with van der Waals surface area (Å²) in [5, 5.41) is 9.18. The van der Waals surface area contributed by atoms with E-state index in [0.29, 0.717) is 33.4 Å². The summed E-state index contributed by atoms with van der Waals surface area (Å²) in [5.74, 6) is 0.286. The molecule has 0 aliphatic carbocycles. The number of rotatable bonds is 6. The molecule has 1 heterocycles. The molecule has 0 radical (unpaired) electrons. The Morgan fingerprint density at radius 2 is 1.54 bits per heavy atom. The number of hydrogen-bond donors (Lipinski definition) is 3. The highest BCUT2D eigenvalue weighted by Crippen LogP contribution is 2.32. The van der Waals surface area contributed by atoms with Gasteiger partial charge in [0.2, 0.25) is 0 Å². The third-order valence-electron chi connectivity index (χ3n) is 5.90. The maximum Gasteiger partial charge on any atom is 0.323 e. The Hall–Kier alpha value is -3.71. The minimum absolute atomic E-state index is 0.216. The van der Waals surface area contributed by atoms with Crippen molar-refractivity contribution in [3.05, 3.63) is 77.3 Å². The molecule has 0 spiro atoms. The highest BCUT2D eigenvalue weighted by atomic mass is 35.5. The summed E-state index contributed by atoms with van der Waals surface area (Å²) in [4.78, 5) is 28.0. The molecule has 7 nitrogen and oxygen atoms in total. The molecule has 1 saturated heterocycles. The molecule has 35 heavy (non-hydrogen) atoms. The average molecular weight is 493 g/mol. The smallest absolute Gasteiger partial charge is 0.323 e. The first kappa shape index (κ1) is 24.4. The number of carbonyl (C=O) groups excluding carboxylic acids is 2. The van der Waals surface area contributed by atoms with Crippen LogP contribution in [0.2, 0.25) is 5.02 Å². The number of urea groups is 1. The van der Waals surface area contributed by atoms with E-state index >= 15 is 0 Å². The first-order chi connectivity index (χ1) is 17.0. The van der Waals surface area contributed by atoms with E-state index in [4.69, 9.17) is 16.3 Å². The van der Waals surface area contributed by atoms with Crippen LogP contribution in [-0.4, -0.2) is 32.1 Å². The van der Waals surface area contributed by atoms with Crippen molar-refractivity contribution < 1.29 is 14.3 Å². The maximum absolute atomic E-state index is 13.0. The Morgan fingerprint density at radius 1 is 0.829 bits per heavy atom. The Morgan fingerprint density at radius 3 is 2.26 bits per heavy atom. The molecule has 3 amide bonds. The molecule has 0 saturated carbocycles. The summed E-state index contributed by atoms with van der Waals surface area (Å²) in [7, 11) is 1.53. The van der Waals surface area contributed by atoms with Crippen LogP contribution < -0.4 is 25.6 Å². The standard InChI is InChI=1S/C27H29ClN4O3/c1-35-25-14-11-20(28)17-23(25)31-27(34)30-22-18-21(29-26(33)19-9-5-4-6-10-19)12-13-24(22)32-15-7-2-3-8-16-32/h4-6,9-14,17-18H,2-3,7-8,15-16H2,1H3,(H,29,33)(H2,30,31,34). The minimum atomic E-state index is -0.437. The molecular formula is C27H29ClN4O3. The molecule has 8 heteroatoms. The predicted molar refractivity (Wildman–Crippen MR) is 142 cm³/mol. The number of halogens is 1. The average Bonchev–Trinajstić information content (AvgIpc) is 3.14. The van der Waals surface area contributed by atoms with Crippen LogP contribution in [0, 0.1) is 0 Å². The van der Waals surface area contributed by atoms with Crippen molar-refractivity contribution in [2.24, 2.45) is 0 Å². The zero-order valence-corrected chi connectivity index (χ0v) is 20.4. The number of ether oxygens (including phenoxy) is 1. The van der Waals surface area contributed by atoms with Gasteiger partial charge in [-0.15, -0.1) is 0 Å². The number of carbonyl (C=O) groups is 2. The molecule has 0 unspecified atom stereocenters. The van der Waals surface area contributed by atoms with Crippen molar-refractivity contribution in [2.75, 3.05) is 41.0 Å². The van der Waals surface area contributed by atoms with Crippen molar-refractivity contribution in [3.8, 4) is 5.75 Å². The van der Waals surface area contributed by atoms with E-state index < -0.39 is 6.03 Å². The molecule has 3 aromatic carbocycles. The lowest BCUT2D eigenvalue weighted by Crippen LogP contribution is -2.27. The summed E-state index contributed by atoms with van der Waals surface area (Å²) < 4.78 is 5.33. The van der Waals surface area contributed by atoms with Crippen molar-refractivity contribution in [3.63, 3.8) is 0 Å². The second-order valence-electron chi connectivity index (χ2n) is 8.38. The summed E-state index contributed by atoms with van der Waals surface area (Å²) in [6.07, 6.45) is 4.58. The lowest BCUT2D eigenvalue weighted by Gasteiger charge is -2.26. The van der Waals surface area contributed by atoms with Crippen LogP contribution in [0.15, 0.2) is 66.7 Å². The van der Waals surface area contributed by atoms with Crippen LogP contribution in [0.5, 0.6) is 5.75 Å². The summed E-state index contributed by atoms with van der Waals surface area (Å²) in [5.41, 5.74) is 3.13. The van der Waals surface area contributed by atoms with Gasteiger partial charge in [-0.05, 0) is 61.4 Å². The van der Waals surface area contributed by atoms with Gasteiger partial charge in [0.05, 0.1) is 24.2 Å². The highest BCUT2D eigenvalue weighted by Gasteiger charge is 2.18. The lowest BCUT2D eigenvalue weighted by molar-refractivity contribution is 0.102. The molecular weight excluding hydrogens is 464 g/mol. The molecule has 0 atom stereocenters. The zero-order chi connectivity index (χ0) is 24.6. The van der Waals surface area contributed by atoms with E-state index in [1.165, 1.54) is 20.0 Å². The quantitative estimate of drug-likeness (QED) is 0.361. The van der Waals surface area contributed by atoms with Gasteiger partial charge in [0.1, 0.15) is 5.75 Å². The van der Waals surface area contributed by atoms with Crippen LogP contribution in [-0.2, 0) is 0 Å². The highest BCUT2D eigenvalue weighted by molar-refractivity contribution is 6.31. The van der Waals surface area contributed by atoms with E-state index in [1.807, 2.05) is 30.3 Å². The van der Waals surface area contributed by atoms with E-state index in [1.54, 1.807) is 36.4 Å². The largest absolute Gasteiger partial charge is 0.495 e. The van der Waals surface area contributed by atoms with Gasteiger partial charge in [0, 0.05) is 29.4 Å². The van der Waals surface area contributed by atoms with E-state index in [2.05, 4.69) is 20.9 Å². The van der Waals surface area contributed by atoms with Crippen LogP contribution >= 0.6 is 11.6 Å². The van der Waals surface area contributed by atoms with E-state index in [9.17, 15) is 9.59 Å². The number of anilines is 4. The molecule has 182 valence electrons. The third-order valence-corrected chi connectivity index (χ3v) is 6.13.